The van der Waals surface area contributed by atoms with E-state index >= 15 is 0 Å². The van der Waals surface area contributed by atoms with Crippen molar-refractivity contribution in [1.29, 1.82) is 0 Å². The van der Waals surface area contributed by atoms with E-state index in [0.29, 0.717) is 5.02 Å². The summed E-state index contributed by atoms with van der Waals surface area (Å²) in [4.78, 5) is 5.66. The number of nitrogens with zero attached hydrogens (tertiary/aromatic N) is 3. The van der Waals surface area contributed by atoms with Crippen LogP contribution in [0.4, 0.5) is 5.82 Å². The lowest BCUT2D eigenvalue weighted by Gasteiger charge is -2.07. The van der Waals surface area contributed by atoms with E-state index in [0.717, 1.165) is 35.1 Å². The Labute approximate surface area is 122 Å². The molecule has 1 N–H and O–H groups in total. The SMILES string of the molecule is CCCNc1ccc(Cl)c(CSc2cnn(C)c2)n1. The van der Waals surface area contributed by atoms with Gasteiger partial charge >= 0.3 is 0 Å². The number of pyridine rings is 1. The zero-order valence-corrected chi connectivity index (χ0v) is 12.6. The highest BCUT2D eigenvalue weighted by Gasteiger charge is 2.06. The molecule has 2 heterocycles. The first-order valence-corrected chi connectivity index (χ1v) is 7.56. The average Bonchev–Trinajstić information content (AvgIpc) is 2.82. The van der Waals surface area contributed by atoms with Crippen LogP contribution in [0.25, 0.3) is 0 Å². The van der Waals surface area contributed by atoms with Crippen molar-refractivity contribution in [2.45, 2.75) is 24.0 Å². The molecular formula is C13H17ClN4S. The van der Waals surface area contributed by atoms with Crippen molar-refractivity contribution in [1.82, 2.24) is 14.8 Å². The third-order valence-corrected chi connectivity index (χ3v) is 3.84. The lowest BCUT2D eigenvalue weighted by Crippen LogP contribution is -2.03. The molecule has 0 aliphatic rings. The van der Waals surface area contributed by atoms with Crippen LogP contribution in [0.1, 0.15) is 19.0 Å². The molecule has 0 bridgehead atoms. The third kappa shape index (κ3) is 4.14. The minimum Gasteiger partial charge on any atom is -0.370 e. The first-order valence-electron chi connectivity index (χ1n) is 6.19. The van der Waals surface area contributed by atoms with Gasteiger partial charge in [-0.1, -0.05) is 18.5 Å². The highest BCUT2D eigenvalue weighted by molar-refractivity contribution is 7.98. The van der Waals surface area contributed by atoms with Gasteiger partial charge in [0.2, 0.25) is 0 Å². The summed E-state index contributed by atoms with van der Waals surface area (Å²) in [5, 5.41) is 8.12. The summed E-state index contributed by atoms with van der Waals surface area (Å²) in [6.07, 6.45) is 4.90. The molecule has 2 rings (SSSR count). The van der Waals surface area contributed by atoms with E-state index in [1.54, 1.807) is 16.4 Å². The molecule has 0 atom stereocenters. The Bertz CT molecular complexity index is 541. The first kappa shape index (κ1) is 14.2. The predicted octanol–water partition coefficient (Wildman–Crippen LogP) is 3.58. The van der Waals surface area contributed by atoms with E-state index < -0.39 is 0 Å². The van der Waals surface area contributed by atoms with Gasteiger partial charge in [0.25, 0.3) is 0 Å². The van der Waals surface area contributed by atoms with E-state index in [1.165, 1.54) is 0 Å². The monoisotopic (exact) mass is 296 g/mol. The van der Waals surface area contributed by atoms with E-state index in [9.17, 15) is 0 Å². The molecule has 0 radical (unpaired) electrons. The van der Waals surface area contributed by atoms with E-state index in [1.807, 2.05) is 31.6 Å². The summed E-state index contributed by atoms with van der Waals surface area (Å²) < 4.78 is 1.79. The second kappa shape index (κ2) is 6.82. The second-order valence-electron chi connectivity index (χ2n) is 4.19. The van der Waals surface area contributed by atoms with Crippen LogP contribution in [0.2, 0.25) is 5.02 Å². The van der Waals surface area contributed by atoms with Crippen LogP contribution in [0, 0.1) is 0 Å². The van der Waals surface area contributed by atoms with Gasteiger partial charge in [-0.05, 0) is 18.6 Å². The van der Waals surface area contributed by atoms with Crippen molar-refractivity contribution in [3.63, 3.8) is 0 Å². The summed E-state index contributed by atoms with van der Waals surface area (Å²) in [6, 6.07) is 3.81. The second-order valence-corrected chi connectivity index (χ2v) is 5.65. The highest BCUT2D eigenvalue weighted by atomic mass is 35.5. The number of aryl methyl sites for hydroxylation is 1. The molecule has 0 fully saturated rings. The normalized spacial score (nSPS) is 10.7. The Balaban J connectivity index is 2.02. The molecule has 19 heavy (non-hydrogen) atoms. The molecule has 0 saturated carbocycles. The molecule has 102 valence electrons. The average molecular weight is 297 g/mol. The molecule has 6 heteroatoms. The van der Waals surface area contributed by atoms with E-state index in [4.69, 9.17) is 11.6 Å². The molecule has 0 aliphatic carbocycles. The number of halogens is 1. The van der Waals surface area contributed by atoms with Gasteiger partial charge < -0.3 is 5.32 Å². The van der Waals surface area contributed by atoms with E-state index in [-0.39, 0.29) is 0 Å². The molecule has 0 aromatic carbocycles. The van der Waals surface area contributed by atoms with Crippen molar-refractivity contribution in [2.75, 3.05) is 11.9 Å². The zero-order valence-electron chi connectivity index (χ0n) is 11.1. The highest BCUT2D eigenvalue weighted by Crippen LogP contribution is 2.26. The van der Waals surface area contributed by atoms with Gasteiger partial charge in [0.15, 0.2) is 0 Å². The zero-order chi connectivity index (χ0) is 13.7. The van der Waals surface area contributed by atoms with Crippen LogP contribution in [0.3, 0.4) is 0 Å². The van der Waals surface area contributed by atoms with Gasteiger partial charge in [0.1, 0.15) is 5.82 Å². The molecule has 4 nitrogen and oxygen atoms in total. The Kier molecular flexibility index (Phi) is 5.10. The lowest BCUT2D eigenvalue weighted by atomic mass is 10.3. The molecular weight excluding hydrogens is 280 g/mol. The fourth-order valence-corrected chi connectivity index (χ4v) is 2.69. The summed E-state index contributed by atoms with van der Waals surface area (Å²) in [5.74, 6) is 1.62. The summed E-state index contributed by atoms with van der Waals surface area (Å²) in [7, 11) is 1.91. The van der Waals surface area contributed by atoms with Crippen molar-refractivity contribution >= 4 is 29.2 Å². The summed E-state index contributed by atoms with van der Waals surface area (Å²) in [6.45, 7) is 3.05. The molecule has 0 unspecified atom stereocenters. The van der Waals surface area contributed by atoms with Crippen LogP contribution >= 0.6 is 23.4 Å². The topological polar surface area (TPSA) is 42.7 Å². The minimum absolute atomic E-state index is 0.707. The minimum atomic E-state index is 0.707. The quantitative estimate of drug-likeness (QED) is 0.827. The Morgan fingerprint density at radius 2 is 2.26 bits per heavy atom. The standard InChI is InChI=1S/C13H17ClN4S/c1-3-6-15-13-5-4-11(14)12(17-13)9-19-10-7-16-18(2)8-10/h4-5,7-8H,3,6,9H2,1-2H3,(H,15,17). The van der Waals surface area contributed by atoms with E-state index in [2.05, 4.69) is 22.3 Å². The first-order chi connectivity index (χ1) is 9.19. The van der Waals surface area contributed by atoms with Crippen LogP contribution < -0.4 is 5.32 Å². The Morgan fingerprint density at radius 1 is 1.42 bits per heavy atom. The fourth-order valence-electron chi connectivity index (χ4n) is 1.56. The number of thioether (sulfide) groups is 1. The number of anilines is 1. The smallest absolute Gasteiger partial charge is 0.126 e. The molecule has 2 aromatic heterocycles. The van der Waals surface area contributed by atoms with Gasteiger partial charge in [-0.3, -0.25) is 4.68 Å². The van der Waals surface area contributed by atoms with Gasteiger partial charge in [0.05, 0.1) is 16.9 Å². The Morgan fingerprint density at radius 3 is 2.95 bits per heavy atom. The maximum Gasteiger partial charge on any atom is 0.126 e. The van der Waals surface area contributed by atoms with Crippen LogP contribution in [0.5, 0.6) is 0 Å². The van der Waals surface area contributed by atoms with Crippen LogP contribution in [-0.4, -0.2) is 21.3 Å². The lowest BCUT2D eigenvalue weighted by molar-refractivity contribution is 0.766. The maximum absolute atomic E-state index is 6.18. The van der Waals surface area contributed by atoms with Gasteiger partial charge in [-0.25, -0.2) is 4.98 Å². The molecule has 0 amide bonds. The van der Waals surface area contributed by atoms with Crippen molar-refractivity contribution in [3.05, 3.63) is 35.2 Å². The number of nitrogens with one attached hydrogen (secondary N) is 1. The summed E-state index contributed by atoms with van der Waals surface area (Å²) >= 11 is 7.86. The molecule has 2 aromatic rings. The van der Waals surface area contributed by atoms with Crippen LogP contribution in [-0.2, 0) is 12.8 Å². The van der Waals surface area contributed by atoms with Crippen molar-refractivity contribution < 1.29 is 0 Å². The molecule has 0 aliphatic heterocycles. The summed E-state index contributed by atoms with van der Waals surface area (Å²) in [5.41, 5.74) is 0.900. The predicted molar refractivity (Wildman–Crippen MR) is 80.8 cm³/mol. The number of rotatable bonds is 6. The van der Waals surface area contributed by atoms with Crippen molar-refractivity contribution in [3.8, 4) is 0 Å². The number of aromatic nitrogens is 3. The van der Waals surface area contributed by atoms with Crippen LogP contribution in [0.15, 0.2) is 29.4 Å². The molecule has 0 saturated heterocycles. The van der Waals surface area contributed by atoms with Gasteiger partial charge in [-0.2, -0.15) is 5.10 Å². The maximum atomic E-state index is 6.18. The van der Waals surface area contributed by atoms with Gasteiger partial charge in [-0.15, -0.1) is 11.8 Å². The number of hydrogen-bond acceptors (Lipinski definition) is 4. The fraction of sp³-hybridized carbons (Fsp3) is 0.385. The van der Waals surface area contributed by atoms with Crippen molar-refractivity contribution in [2.24, 2.45) is 7.05 Å². The number of hydrogen-bond donors (Lipinski definition) is 1. The van der Waals surface area contributed by atoms with Gasteiger partial charge in [0, 0.05) is 30.4 Å². The molecule has 0 spiro atoms. The third-order valence-electron chi connectivity index (χ3n) is 2.53. The Hall–Kier alpha value is -1.20. The largest absolute Gasteiger partial charge is 0.370 e.